The quantitative estimate of drug-likeness (QED) is 0.347. The second kappa shape index (κ2) is 7.56. The maximum atomic E-state index is 10.6. The van der Waals surface area contributed by atoms with Crippen LogP contribution in [0.25, 0.3) is 0 Å². The number of hydrogen-bond acceptors (Lipinski definition) is 5. The third kappa shape index (κ3) is 4.89. The van der Waals surface area contributed by atoms with E-state index in [9.17, 15) is 9.90 Å². The van der Waals surface area contributed by atoms with Crippen LogP contribution in [0.15, 0.2) is 0 Å². The Morgan fingerprint density at radius 3 is 1.81 bits per heavy atom. The van der Waals surface area contributed by atoms with Crippen LogP contribution in [0.5, 0.6) is 0 Å². The van der Waals surface area contributed by atoms with Crippen molar-refractivity contribution in [2.24, 2.45) is 0 Å². The lowest BCUT2D eigenvalue weighted by Crippen LogP contribution is -2.40. The SMILES string of the molecule is O=C(O)CC(O)(CCO)[C](CCO)CCO. The Hall–Kier alpha value is -0.690. The minimum absolute atomic E-state index is 0.115. The van der Waals surface area contributed by atoms with Gasteiger partial charge >= 0.3 is 5.97 Å². The van der Waals surface area contributed by atoms with Gasteiger partial charge in [0.2, 0.25) is 0 Å². The zero-order valence-corrected chi connectivity index (χ0v) is 9.09. The molecule has 6 heteroatoms. The smallest absolute Gasteiger partial charge is 0.306 e. The van der Waals surface area contributed by atoms with Crippen molar-refractivity contribution in [3.63, 3.8) is 0 Å². The van der Waals surface area contributed by atoms with E-state index in [0.29, 0.717) is 5.92 Å². The van der Waals surface area contributed by atoms with Crippen molar-refractivity contribution in [2.45, 2.75) is 31.3 Å². The predicted octanol–water partition coefficient (Wildman–Crippen LogP) is -1.09. The summed E-state index contributed by atoms with van der Waals surface area (Å²) < 4.78 is 0. The molecule has 0 rings (SSSR count). The van der Waals surface area contributed by atoms with Crippen LogP contribution in [-0.2, 0) is 4.79 Å². The normalized spacial score (nSPS) is 15.1. The van der Waals surface area contributed by atoms with Crippen molar-refractivity contribution in [2.75, 3.05) is 19.8 Å². The van der Waals surface area contributed by atoms with Gasteiger partial charge in [0.15, 0.2) is 0 Å². The molecular weight excluding hydrogens is 216 g/mol. The Bertz CT molecular complexity index is 201. The van der Waals surface area contributed by atoms with Crippen molar-refractivity contribution in [1.29, 1.82) is 0 Å². The van der Waals surface area contributed by atoms with Gasteiger partial charge in [-0.3, -0.25) is 4.79 Å². The summed E-state index contributed by atoms with van der Waals surface area (Å²) in [5, 5.41) is 45.2. The van der Waals surface area contributed by atoms with Gasteiger partial charge in [-0.25, -0.2) is 0 Å². The molecule has 16 heavy (non-hydrogen) atoms. The molecule has 6 nitrogen and oxygen atoms in total. The van der Waals surface area contributed by atoms with Gasteiger partial charge in [0.25, 0.3) is 0 Å². The molecule has 0 aliphatic carbocycles. The first-order valence-corrected chi connectivity index (χ1v) is 5.12. The van der Waals surface area contributed by atoms with Crippen LogP contribution in [0.2, 0.25) is 0 Å². The minimum atomic E-state index is -1.66. The summed E-state index contributed by atoms with van der Waals surface area (Å²) in [4.78, 5) is 10.6. The topological polar surface area (TPSA) is 118 Å². The molecule has 0 amide bonds. The molecule has 0 aromatic carbocycles. The zero-order valence-electron chi connectivity index (χ0n) is 9.09. The number of aliphatic hydroxyl groups excluding tert-OH is 3. The average molecular weight is 235 g/mol. The highest BCUT2D eigenvalue weighted by Gasteiger charge is 2.38. The van der Waals surface area contributed by atoms with Crippen molar-refractivity contribution in [3.8, 4) is 0 Å². The van der Waals surface area contributed by atoms with Crippen LogP contribution >= 0.6 is 0 Å². The fourth-order valence-corrected chi connectivity index (χ4v) is 1.69. The first-order chi connectivity index (χ1) is 7.50. The van der Waals surface area contributed by atoms with Gasteiger partial charge in [-0.2, -0.15) is 0 Å². The first-order valence-electron chi connectivity index (χ1n) is 5.12. The van der Waals surface area contributed by atoms with E-state index >= 15 is 0 Å². The second-order valence-corrected chi connectivity index (χ2v) is 3.63. The molecule has 0 aromatic heterocycles. The van der Waals surface area contributed by atoms with E-state index in [1.165, 1.54) is 0 Å². The van der Waals surface area contributed by atoms with Crippen LogP contribution in [0.3, 0.4) is 0 Å². The highest BCUT2D eigenvalue weighted by atomic mass is 16.4. The standard InChI is InChI=1S/C10H19O6/c11-4-1-8(2-5-12)10(16,3-6-13)7-9(14)15/h11-13,16H,1-7H2,(H,14,15). The van der Waals surface area contributed by atoms with Gasteiger partial charge in [-0.15, -0.1) is 0 Å². The Kier molecular flexibility index (Phi) is 7.24. The molecule has 0 fully saturated rings. The number of carboxylic acids is 1. The summed E-state index contributed by atoms with van der Waals surface area (Å²) in [6.07, 6.45) is -0.424. The fourth-order valence-electron chi connectivity index (χ4n) is 1.69. The van der Waals surface area contributed by atoms with E-state index in [1.54, 1.807) is 0 Å². The zero-order chi connectivity index (χ0) is 12.6. The van der Waals surface area contributed by atoms with E-state index < -0.39 is 18.0 Å². The summed E-state index contributed by atoms with van der Waals surface area (Å²) in [5.41, 5.74) is -1.66. The summed E-state index contributed by atoms with van der Waals surface area (Å²) >= 11 is 0. The number of carboxylic acid groups (broad SMARTS) is 1. The molecule has 1 radical (unpaired) electrons. The molecule has 0 heterocycles. The van der Waals surface area contributed by atoms with Crippen LogP contribution < -0.4 is 0 Å². The molecule has 95 valence electrons. The molecule has 5 N–H and O–H groups in total. The van der Waals surface area contributed by atoms with Crippen molar-refractivity contribution >= 4 is 5.97 Å². The Balaban J connectivity index is 4.70. The predicted molar refractivity (Wildman–Crippen MR) is 55.6 cm³/mol. The van der Waals surface area contributed by atoms with Crippen LogP contribution in [0, 0.1) is 5.92 Å². The molecule has 0 saturated carbocycles. The summed E-state index contributed by atoms with van der Waals surface area (Å²) in [6.45, 7) is -0.824. The van der Waals surface area contributed by atoms with E-state index in [4.69, 9.17) is 20.4 Å². The third-order valence-electron chi connectivity index (χ3n) is 2.45. The van der Waals surface area contributed by atoms with Gasteiger partial charge in [0.05, 0.1) is 12.0 Å². The van der Waals surface area contributed by atoms with E-state index in [2.05, 4.69) is 0 Å². The molecule has 0 bridgehead atoms. The van der Waals surface area contributed by atoms with Gasteiger partial charge in [-0.05, 0) is 12.8 Å². The van der Waals surface area contributed by atoms with Crippen molar-refractivity contribution in [3.05, 3.63) is 5.92 Å². The molecule has 0 aliphatic rings. The van der Waals surface area contributed by atoms with Crippen molar-refractivity contribution < 1.29 is 30.3 Å². The van der Waals surface area contributed by atoms with E-state index in [-0.39, 0.29) is 39.1 Å². The lowest BCUT2D eigenvalue weighted by molar-refractivity contribution is -0.142. The number of hydrogen-bond donors (Lipinski definition) is 5. The Morgan fingerprint density at radius 2 is 1.50 bits per heavy atom. The van der Waals surface area contributed by atoms with Crippen LogP contribution in [-0.4, -0.2) is 56.9 Å². The number of carbonyl (C=O) groups is 1. The van der Waals surface area contributed by atoms with Gasteiger partial charge in [0, 0.05) is 32.2 Å². The summed E-state index contributed by atoms with van der Waals surface area (Å²) in [5.74, 6) is -0.835. The molecular formula is C10H19O6. The maximum absolute atomic E-state index is 10.6. The van der Waals surface area contributed by atoms with Crippen LogP contribution in [0.4, 0.5) is 0 Å². The largest absolute Gasteiger partial charge is 0.481 e. The molecule has 1 atom stereocenters. The van der Waals surface area contributed by atoms with E-state index in [1.807, 2.05) is 0 Å². The van der Waals surface area contributed by atoms with Crippen LogP contribution in [0.1, 0.15) is 25.7 Å². The van der Waals surface area contributed by atoms with Crippen molar-refractivity contribution in [1.82, 2.24) is 0 Å². The number of aliphatic carboxylic acids is 1. The molecule has 0 saturated heterocycles. The lowest BCUT2D eigenvalue weighted by Gasteiger charge is -2.33. The Labute approximate surface area is 94.2 Å². The Morgan fingerprint density at radius 1 is 1.00 bits per heavy atom. The molecule has 0 aromatic rings. The molecule has 1 unspecified atom stereocenters. The fraction of sp³-hybridized carbons (Fsp3) is 0.800. The maximum Gasteiger partial charge on any atom is 0.306 e. The second-order valence-electron chi connectivity index (χ2n) is 3.63. The summed E-state index contributed by atoms with van der Waals surface area (Å²) in [6, 6.07) is 0. The van der Waals surface area contributed by atoms with E-state index in [0.717, 1.165) is 0 Å². The molecule has 0 spiro atoms. The monoisotopic (exact) mass is 235 g/mol. The summed E-state index contributed by atoms with van der Waals surface area (Å²) in [7, 11) is 0. The van der Waals surface area contributed by atoms with Gasteiger partial charge in [-0.1, -0.05) is 0 Å². The third-order valence-corrected chi connectivity index (χ3v) is 2.45. The lowest BCUT2D eigenvalue weighted by atomic mass is 9.78. The highest BCUT2D eigenvalue weighted by Crippen LogP contribution is 2.32. The number of rotatable bonds is 9. The molecule has 0 aliphatic heterocycles. The van der Waals surface area contributed by atoms with Gasteiger partial charge in [0.1, 0.15) is 0 Å². The highest BCUT2D eigenvalue weighted by molar-refractivity contribution is 5.68. The minimum Gasteiger partial charge on any atom is -0.481 e. The van der Waals surface area contributed by atoms with Gasteiger partial charge < -0.3 is 25.5 Å². The first kappa shape index (κ1) is 15.3. The number of aliphatic hydroxyl groups is 4. The average Bonchev–Trinajstić information content (AvgIpc) is 2.16.